The van der Waals surface area contributed by atoms with E-state index in [-0.39, 0.29) is 30.0 Å². The van der Waals surface area contributed by atoms with Crippen molar-refractivity contribution < 1.29 is 14.0 Å². The summed E-state index contributed by atoms with van der Waals surface area (Å²) < 4.78 is 13.1. The molecule has 2 amide bonds. The molecule has 3 aromatic rings. The van der Waals surface area contributed by atoms with Gasteiger partial charge in [0.1, 0.15) is 11.5 Å². The molecule has 0 bridgehead atoms. The number of benzene rings is 2. The van der Waals surface area contributed by atoms with Crippen LogP contribution in [0, 0.1) is 5.82 Å². The Hall–Kier alpha value is -3.36. The van der Waals surface area contributed by atoms with E-state index in [1.807, 2.05) is 33.4 Å². The minimum atomic E-state index is -0.294. The van der Waals surface area contributed by atoms with Crippen LogP contribution in [0.3, 0.4) is 0 Å². The van der Waals surface area contributed by atoms with Gasteiger partial charge in [-0.2, -0.15) is 0 Å². The van der Waals surface area contributed by atoms with Gasteiger partial charge in [-0.3, -0.25) is 14.5 Å². The number of aromatic nitrogens is 1. The highest BCUT2D eigenvalue weighted by Crippen LogP contribution is 2.31. The standard InChI is InChI=1S/C30H33FN4O2S/c31-26-10-8-24(9-11-26)21-28(36)34-15-12-25(13-16-34)29-32-27(22-38-29)30(37)35-19-17-33(18-20-35)14-4-7-23-5-2-1-3-6-23/h1-11,22,25H,12-21H2. The van der Waals surface area contributed by atoms with Crippen molar-refractivity contribution in [1.82, 2.24) is 19.7 Å². The average molecular weight is 533 g/mol. The van der Waals surface area contributed by atoms with Gasteiger partial charge in [0, 0.05) is 57.1 Å². The summed E-state index contributed by atoms with van der Waals surface area (Å²) in [4.78, 5) is 36.6. The van der Waals surface area contributed by atoms with E-state index in [2.05, 4.69) is 29.2 Å². The number of halogens is 1. The van der Waals surface area contributed by atoms with Gasteiger partial charge in [-0.1, -0.05) is 54.6 Å². The molecule has 0 saturated carbocycles. The molecule has 0 unspecified atom stereocenters. The van der Waals surface area contributed by atoms with Crippen molar-refractivity contribution in [3.8, 4) is 0 Å². The molecule has 5 rings (SSSR count). The minimum Gasteiger partial charge on any atom is -0.342 e. The number of rotatable bonds is 7. The van der Waals surface area contributed by atoms with Crippen LogP contribution < -0.4 is 0 Å². The van der Waals surface area contributed by atoms with E-state index in [0.717, 1.165) is 43.0 Å². The molecular weight excluding hydrogens is 499 g/mol. The first kappa shape index (κ1) is 26.3. The van der Waals surface area contributed by atoms with Crippen molar-refractivity contribution in [3.05, 3.63) is 93.7 Å². The monoisotopic (exact) mass is 532 g/mol. The number of likely N-dealkylation sites (tertiary alicyclic amines) is 1. The van der Waals surface area contributed by atoms with Gasteiger partial charge in [-0.25, -0.2) is 9.37 Å². The van der Waals surface area contributed by atoms with Crippen molar-refractivity contribution in [3.63, 3.8) is 0 Å². The highest BCUT2D eigenvalue weighted by Gasteiger charge is 2.28. The number of piperazine rings is 1. The second-order valence-electron chi connectivity index (χ2n) is 9.94. The third-order valence-corrected chi connectivity index (χ3v) is 8.35. The zero-order valence-corrected chi connectivity index (χ0v) is 22.3. The van der Waals surface area contributed by atoms with Crippen LogP contribution in [-0.4, -0.2) is 77.3 Å². The van der Waals surface area contributed by atoms with Gasteiger partial charge in [0.05, 0.1) is 11.4 Å². The van der Waals surface area contributed by atoms with E-state index < -0.39 is 0 Å². The van der Waals surface area contributed by atoms with Gasteiger partial charge in [0.15, 0.2) is 0 Å². The predicted molar refractivity (Wildman–Crippen MR) is 149 cm³/mol. The van der Waals surface area contributed by atoms with Crippen LogP contribution in [0.25, 0.3) is 6.08 Å². The maximum absolute atomic E-state index is 13.1. The second kappa shape index (κ2) is 12.5. The molecule has 0 radical (unpaired) electrons. The van der Waals surface area contributed by atoms with Gasteiger partial charge in [0.25, 0.3) is 5.91 Å². The van der Waals surface area contributed by atoms with E-state index in [1.54, 1.807) is 23.5 Å². The zero-order chi connectivity index (χ0) is 26.3. The number of carbonyl (C=O) groups excluding carboxylic acids is 2. The summed E-state index contributed by atoms with van der Waals surface area (Å²) in [5, 5.41) is 2.88. The number of piperidine rings is 1. The SMILES string of the molecule is O=C(Cc1ccc(F)cc1)N1CCC(c2nc(C(=O)N3CCN(CC=Cc4ccccc4)CC3)cs2)CC1. The molecule has 2 aromatic carbocycles. The molecular formula is C30H33FN4O2S. The Morgan fingerprint density at radius 2 is 1.63 bits per heavy atom. The van der Waals surface area contributed by atoms with Gasteiger partial charge >= 0.3 is 0 Å². The van der Waals surface area contributed by atoms with E-state index in [9.17, 15) is 14.0 Å². The molecule has 8 heteroatoms. The Labute approximate surface area is 227 Å². The summed E-state index contributed by atoms with van der Waals surface area (Å²) in [7, 11) is 0. The van der Waals surface area contributed by atoms with Gasteiger partial charge < -0.3 is 9.80 Å². The quantitative estimate of drug-likeness (QED) is 0.443. The van der Waals surface area contributed by atoms with Gasteiger partial charge in [-0.15, -0.1) is 11.3 Å². The van der Waals surface area contributed by atoms with Gasteiger partial charge in [0.2, 0.25) is 5.91 Å². The Kier molecular flexibility index (Phi) is 8.61. The number of thiazole rings is 1. The Bertz CT molecular complexity index is 1240. The normalized spacial score (nSPS) is 17.3. The summed E-state index contributed by atoms with van der Waals surface area (Å²) in [6.45, 7) is 5.35. The van der Waals surface area contributed by atoms with Crippen LogP contribution in [-0.2, 0) is 11.2 Å². The van der Waals surface area contributed by atoms with Crippen LogP contribution >= 0.6 is 11.3 Å². The van der Waals surface area contributed by atoms with E-state index in [0.29, 0.717) is 31.9 Å². The van der Waals surface area contributed by atoms with Crippen molar-refractivity contribution in [1.29, 1.82) is 0 Å². The first-order valence-corrected chi connectivity index (χ1v) is 14.1. The fourth-order valence-electron chi connectivity index (χ4n) is 5.04. The van der Waals surface area contributed by atoms with Crippen LogP contribution in [0.5, 0.6) is 0 Å². The Balaban J connectivity index is 1.06. The van der Waals surface area contributed by atoms with E-state index >= 15 is 0 Å². The van der Waals surface area contributed by atoms with Crippen LogP contribution in [0.15, 0.2) is 66.1 Å². The third-order valence-electron chi connectivity index (χ3n) is 7.34. The van der Waals surface area contributed by atoms with Crippen LogP contribution in [0.1, 0.15) is 45.4 Å². The maximum atomic E-state index is 13.1. The first-order valence-electron chi connectivity index (χ1n) is 13.3. The number of hydrogen-bond donors (Lipinski definition) is 0. The molecule has 2 saturated heterocycles. The summed E-state index contributed by atoms with van der Waals surface area (Å²) in [6.07, 6.45) is 6.29. The van der Waals surface area contributed by atoms with Crippen molar-refractivity contribution in [2.45, 2.75) is 25.2 Å². The van der Waals surface area contributed by atoms with E-state index in [1.165, 1.54) is 17.7 Å². The second-order valence-corrected chi connectivity index (χ2v) is 10.8. The lowest BCUT2D eigenvalue weighted by Gasteiger charge is -2.33. The molecule has 3 heterocycles. The lowest BCUT2D eigenvalue weighted by Crippen LogP contribution is -2.48. The Morgan fingerprint density at radius 3 is 2.34 bits per heavy atom. The topological polar surface area (TPSA) is 56.8 Å². The lowest BCUT2D eigenvalue weighted by molar-refractivity contribution is -0.131. The van der Waals surface area contributed by atoms with Crippen molar-refractivity contribution in [2.75, 3.05) is 45.8 Å². The molecule has 198 valence electrons. The fraction of sp³-hybridized carbons (Fsp3) is 0.367. The molecule has 6 nitrogen and oxygen atoms in total. The maximum Gasteiger partial charge on any atom is 0.273 e. The Morgan fingerprint density at radius 1 is 0.921 bits per heavy atom. The summed E-state index contributed by atoms with van der Waals surface area (Å²) in [5.74, 6) is 0.0563. The molecule has 2 aliphatic heterocycles. The highest BCUT2D eigenvalue weighted by molar-refractivity contribution is 7.09. The first-order chi connectivity index (χ1) is 18.5. The smallest absolute Gasteiger partial charge is 0.273 e. The third kappa shape index (κ3) is 6.74. The van der Waals surface area contributed by atoms with Crippen molar-refractivity contribution in [2.24, 2.45) is 0 Å². The molecule has 2 aliphatic rings. The number of hydrogen-bond acceptors (Lipinski definition) is 5. The highest BCUT2D eigenvalue weighted by atomic mass is 32.1. The molecule has 0 N–H and O–H groups in total. The minimum absolute atomic E-state index is 0.0129. The molecule has 0 aliphatic carbocycles. The van der Waals surface area contributed by atoms with Crippen molar-refractivity contribution >= 4 is 29.2 Å². The fourth-order valence-corrected chi connectivity index (χ4v) is 6.00. The molecule has 0 spiro atoms. The summed E-state index contributed by atoms with van der Waals surface area (Å²) in [5.41, 5.74) is 2.56. The number of amides is 2. The molecule has 2 fully saturated rings. The molecule has 0 atom stereocenters. The largest absolute Gasteiger partial charge is 0.342 e. The van der Waals surface area contributed by atoms with E-state index in [4.69, 9.17) is 4.98 Å². The molecule has 38 heavy (non-hydrogen) atoms. The van der Waals surface area contributed by atoms with Gasteiger partial charge in [-0.05, 0) is 36.1 Å². The van der Waals surface area contributed by atoms with Crippen LogP contribution in [0.4, 0.5) is 4.39 Å². The zero-order valence-electron chi connectivity index (χ0n) is 21.5. The summed E-state index contributed by atoms with van der Waals surface area (Å²) >= 11 is 1.55. The number of carbonyl (C=O) groups is 2. The van der Waals surface area contributed by atoms with Crippen LogP contribution in [0.2, 0.25) is 0 Å². The predicted octanol–water partition coefficient (Wildman–Crippen LogP) is 4.70. The molecule has 1 aromatic heterocycles. The average Bonchev–Trinajstić information content (AvgIpc) is 3.45. The summed E-state index contributed by atoms with van der Waals surface area (Å²) in [6, 6.07) is 16.4. The number of nitrogens with zero attached hydrogens (tertiary/aromatic N) is 4. The lowest BCUT2D eigenvalue weighted by atomic mass is 9.97.